The molecule has 2 aliphatic carbocycles. The van der Waals surface area contributed by atoms with Crippen LogP contribution in [0, 0.1) is 17.8 Å². The van der Waals surface area contributed by atoms with Gasteiger partial charge in [-0.15, -0.1) is 0 Å². The number of rotatable bonds is 11. The largest absolute Gasteiger partial charge is 0.396 e. The van der Waals surface area contributed by atoms with Crippen LogP contribution in [0.5, 0.6) is 0 Å². The molecule has 3 rings (SSSR count). The molecule has 2 N–H and O–H groups in total. The van der Waals surface area contributed by atoms with E-state index in [4.69, 9.17) is 0 Å². The highest BCUT2D eigenvalue weighted by atomic mass is 16.3. The number of benzene rings is 1. The predicted molar refractivity (Wildman–Crippen MR) is 122 cm³/mol. The van der Waals surface area contributed by atoms with E-state index in [1.54, 1.807) is 0 Å². The third-order valence-corrected chi connectivity index (χ3v) is 7.90. The van der Waals surface area contributed by atoms with Gasteiger partial charge in [-0.05, 0) is 66.5 Å². The van der Waals surface area contributed by atoms with Gasteiger partial charge in [0.15, 0.2) is 0 Å². The van der Waals surface area contributed by atoms with Gasteiger partial charge >= 0.3 is 0 Å². The Labute approximate surface area is 179 Å². The lowest BCUT2D eigenvalue weighted by Crippen LogP contribution is -2.19. The second-order valence-corrected chi connectivity index (χ2v) is 9.99. The Morgan fingerprint density at radius 2 is 1.59 bits per heavy atom. The highest BCUT2D eigenvalue weighted by Gasteiger charge is 2.24. The minimum Gasteiger partial charge on any atom is -0.396 e. The number of fused-ring (bicyclic) bond motifs is 1. The van der Waals surface area contributed by atoms with Crippen LogP contribution in [0.4, 0.5) is 0 Å². The van der Waals surface area contributed by atoms with Crippen molar-refractivity contribution >= 4 is 0 Å². The lowest BCUT2D eigenvalue weighted by Gasteiger charge is -2.31. The predicted octanol–water partition coefficient (Wildman–Crippen LogP) is 6.42. The first-order valence-electron chi connectivity index (χ1n) is 12.6. The second kappa shape index (κ2) is 12.1. The van der Waals surface area contributed by atoms with Crippen LogP contribution in [-0.4, -0.2) is 23.4 Å². The molecule has 0 saturated heterocycles. The van der Waals surface area contributed by atoms with E-state index in [0.29, 0.717) is 6.42 Å². The minimum absolute atomic E-state index is 0.0834. The Hall–Kier alpha value is -0.860. The highest BCUT2D eigenvalue weighted by Crippen LogP contribution is 2.37. The van der Waals surface area contributed by atoms with Gasteiger partial charge in [0.2, 0.25) is 0 Å². The fourth-order valence-corrected chi connectivity index (χ4v) is 5.83. The van der Waals surface area contributed by atoms with Crippen molar-refractivity contribution in [1.82, 2.24) is 0 Å². The smallest absolute Gasteiger partial charge is 0.0500 e. The lowest BCUT2D eigenvalue weighted by molar-refractivity contribution is 0.219. The molecule has 0 spiro atoms. The van der Waals surface area contributed by atoms with Crippen LogP contribution >= 0.6 is 0 Å². The van der Waals surface area contributed by atoms with E-state index in [0.717, 1.165) is 17.8 Å². The molecule has 164 valence electrons. The molecule has 2 nitrogen and oxygen atoms in total. The molecule has 2 heteroatoms. The van der Waals surface area contributed by atoms with Crippen molar-refractivity contribution in [3.8, 4) is 0 Å². The van der Waals surface area contributed by atoms with Crippen molar-refractivity contribution in [1.29, 1.82) is 0 Å². The summed E-state index contributed by atoms with van der Waals surface area (Å²) in [6.45, 7) is 2.58. The first-order valence-corrected chi connectivity index (χ1v) is 12.6. The third-order valence-electron chi connectivity index (χ3n) is 7.90. The Morgan fingerprint density at radius 1 is 0.862 bits per heavy atom. The summed E-state index contributed by atoms with van der Waals surface area (Å²) in [6.07, 6.45) is 18.9. The molecule has 0 aliphatic heterocycles. The topological polar surface area (TPSA) is 40.5 Å². The van der Waals surface area contributed by atoms with Crippen molar-refractivity contribution < 1.29 is 10.2 Å². The molecule has 0 aromatic heterocycles. The average Bonchev–Trinajstić information content (AvgIpc) is 2.76. The zero-order chi connectivity index (χ0) is 20.5. The van der Waals surface area contributed by atoms with Gasteiger partial charge in [0, 0.05) is 12.5 Å². The van der Waals surface area contributed by atoms with Crippen LogP contribution < -0.4 is 0 Å². The first kappa shape index (κ1) is 22.8. The van der Waals surface area contributed by atoms with Gasteiger partial charge in [-0.2, -0.15) is 0 Å². The van der Waals surface area contributed by atoms with Gasteiger partial charge in [0.25, 0.3) is 0 Å². The number of aliphatic hydroxyl groups excluding tert-OH is 2. The maximum absolute atomic E-state index is 9.61. The summed E-state index contributed by atoms with van der Waals surface area (Å²) in [6, 6.07) is 6.80. The van der Waals surface area contributed by atoms with E-state index < -0.39 is 0 Å². The molecule has 1 saturated carbocycles. The molecule has 2 aliphatic rings. The number of hydrogen-bond donors (Lipinski definition) is 2. The molecule has 0 heterocycles. The molecule has 1 aromatic rings. The molecule has 2 atom stereocenters. The molecule has 2 unspecified atom stereocenters. The number of aliphatic hydroxyl groups is 2. The summed E-state index contributed by atoms with van der Waals surface area (Å²) >= 11 is 0. The van der Waals surface area contributed by atoms with E-state index in [2.05, 4.69) is 25.1 Å². The molecule has 0 radical (unpaired) electrons. The van der Waals surface area contributed by atoms with E-state index >= 15 is 0 Å². The van der Waals surface area contributed by atoms with E-state index in [9.17, 15) is 10.2 Å². The van der Waals surface area contributed by atoms with Crippen molar-refractivity contribution in [3.63, 3.8) is 0 Å². The zero-order valence-corrected chi connectivity index (χ0v) is 18.7. The summed E-state index contributed by atoms with van der Waals surface area (Å²) in [7, 11) is 0. The van der Waals surface area contributed by atoms with Gasteiger partial charge in [-0.3, -0.25) is 0 Å². The molecular weight excluding hydrogens is 356 g/mol. The maximum atomic E-state index is 9.61. The first-order chi connectivity index (χ1) is 14.2. The summed E-state index contributed by atoms with van der Waals surface area (Å²) in [5, 5.41) is 18.8. The Bertz CT molecular complexity index is 588. The van der Waals surface area contributed by atoms with E-state index in [1.165, 1.54) is 100 Å². The summed E-state index contributed by atoms with van der Waals surface area (Å²) in [5.74, 6) is 2.97. The van der Waals surface area contributed by atoms with Crippen LogP contribution in [0.2, 0.25) is 0 Å². The van der Waals surface area contributed by atoms with Crippen LogP contribution in [0.15, 0.2) is 18.2 Å². The molecule has 29 heavy (non-hydrogen) atoms. The van der Waals surface area contributed by atoms with Crippen molar-refractivity contribution in [2.75, 3.05) is 13.2 Å². The van der Waals surface area contributed by atoms with Crippen LogP contribution in [0.3, 0.4) is 0 Å². The van der Waals surface area contributed by atoms with E-state index in [-0.39, 0.29) is 19.1 Å². The van der Waals surface area contributed by atoms with Gasteiger partial charge in [-0.25, -0.2) is 0 Å². The standard InChI is InChI=1S/C27H44O2/c1-2-3-4-5-21-6-8-22(9-7-21)10-11-23-12-13-25-19-26(15-14-24(25)18-23)27(20-29)16-17-28/h14-15,19,21-23,27-29H,2-13,16-18,20H2,1H3. The van der Waals surface area contributed by atoms with Gasteiger partial charge in [0.05, 0.1) is 6.61 Å². The molecule has 0 amide bonds. The highest BCUT2D eigenvalue weighted by molar-refractivity contribution is 5.36. The van der Waals surface area contributed by atoms with Crippen LogP contribution in [0.1, 0.15) is 107 Å². The number of aryl methyl sites for hydroxylation is 1. The Kier molecular flexibility index (Phi) is 9.52. The van der Waals surface area contributed by atoms with Gasteiger partial charge < -0.3 is 10.2 Å². The normalized spacial score (nSPS) is 25.6. The summed E-state index contributed by atoms with van der Waals surface area (Å²) < 4.78 is 0. The lowest BCUT2D eigenvalue weighted by atomic mass is 9.75. The molecule has 1 aromatic carbocycles. The Morgan fingerprint density at radius 3 is 2.28 bits per heavy atom. The number of hydrogen-bond acceptors (Lipinski definition) is 2. The van der Waals surface area contributed by atoms with Crippen LogP contribution in [-0.2, 0) is 12.8 Å². The van der Waals surface area contributed by atoms with Crippen molar-refractivity contribution in [2.24, 2.45) is 17.8 Å². The van der Waals surface area contributed by atoms with Gasteiger partial charge in [-0.1, -0.05) is 82.9 Å². The summed E-state index contributed by atoms with van der Waals surface area (Å²) in [4.78, 5) is 0. The second-order valence-electron chi connectivity index (χ2n) is 9.99. The molecule has 0 bridgehead atoms. The van der Waals surface area contributed by atoms with Crippen molar-refractivity contribution in [3.05, 3.63) is 34.9 Å². The fraction of sp³-hybridized carbons (Fsp3) is 0.778. The minimum atomic E-state index is 0.0834. The zero-order valence-electron chi connectivity index (χ0n) is 18.7. The SMILES string of the molecule is CCCCCC1CCC(CCC2CCc3cc(C(CO)CCO)ccc3C2)CC1. The number of unbranched alkanes of at least 4 members (excludes halogenated alkanes) is 2. The average molecular weight is 401 g/mol. The van der Waals surface area contributed by atoms with Crippen LogP contribution in [0.25, 0.3) is 0 Å². The maximum Gasteiger partial charge on any atom is 0.0500 e. The van der Waals surface area contributed by atoms with Crippen molar-refractivity contribution in [2.45, 2.75) is 103 Å². The van der Waals surface area contributed by atoms with E-state index in [1.807, 2.05) is 0 Å². The molecular formula is C27H44O2. The molecule has 1 fully saturated rings. The third kappa shape index (κ3) is 6.82. The fourth-order valence-electron chi connectivity index (χ4n) is 5.83. The summed E-state index contributed by atoms with van der Waals surface area (Å²) in [5.41, 5.74) is 4.22. The quantitative estimate of drug-likeness (QED) is 0.421. The van der Waals surface area contributed by atoms with Gasteiger partial charge in [0.1, 0.15) is 0 Å². The Balaban J connectivity index is 1.41. The monoisotopic (exact) mass is 400 g/mol.